The second-order valence-electron chi connectivity index (χ2n) is 3.33. The molecule has 0 spiro atoms. The molecule has 0 radical (unpaired) electrons. The van der Waals surface area contributed by atoms with Gasteiger partial charge in [-0.2, -0.15) is 0 Å². The van der Waals surface area contributed by atoms with E-state index in [1.807, 2.05) is 18.2 Å². The van der Waals surface area contributed by atoms with E-state index in [0.717, 1.165) is 15.9 Å². The Morgan fingerprint density at radius 1 is 1.25 bits per heavy atom. The van der Waals surface area contributed by atoms with Gasteiger partial charge in [0, 0.05) is 16.4 Å². The number of aromatic nitrogens is 1. The van der Waals surface area contributed by atoms with E-state index in [0.29, 0.717) is 6.54 Å². The largest absolute Gasteiger partial charge is 0.379 e. The maximum atomic E-state index is 12.9. The molecule has 2 nitrogen and oxygen atoms in total. The van der Waals surface area contributed by atoms with Crippen LogP contribution in [0.25, 0.3) is 0 Å². The normalized spacial score (nSPS) is 10.1. The quantitative estimate of drug-likeness (QED) is 0.929. The van der Waals surface area contributed by atoms with Crippen molar-refractivity contribution in [2.45, 2.75) is 6.54 Å². The summed E-state index contributed by atoms with van der Waals surface area (Å²) in [5, 5.41) is 3.11. The molecule has 16 heavy (non-hydrogen) atoms. The lowest BCUT2D eigenvalue weighted by atomic mass is 10.3. The highest BCUT2D eigenvalue weighted by Gasteiger charge is 1.97. The molecule has 4 heteroatoms. The molecule has 0 aliphatic heterocycles. The van der Waals surface area contributed by atoms with Crippen molar-refractivity contribution in [2.75, 3.05) is 5.32 Å². The highest BCUT2D eigenvalue weighted by molar-refractivity contribution is 9.10. The molecule has 0 saturated heterocycles. The van der Waals surface area contributed by atoms with E-state index in [2.05, 4.69) is 26.2 Å². The van der Waals surface area contributed by atoms with Gasteiger partial charge in [0.1, 0.15) is 5.82 Å². The molecule has 0 amide bonds. The van der Waals surface area contributed by atoms with Crippen LogP contribution in [0, 0.1) is 5.82 Å². The highest BCUT2D eigenvalue weighted by Crippen LogP contribution is 2.12. The zero-order chi connectivity index (χ0) is 11.4. The number of anilines is 1. The number of halogens is 2. The van der Waals surface area contributed by atoms with Gasteiger partial charge >= 0.3 is 0 Å². The first kappa shape index (κ1) is 11.1. The maximum Gasteiger partial charge on any atom is 0.125 e. The van der Waals surface area contributed by atoms with Crippen LogP contribution in [0.1, 0.15) is 5.69 Å². The van der Waals surface area contributed by atoms with Gasteiger partial charge in [-0.25, -0.2) is 4.39 Å². The molecule has 1 N–H and O–H groups in total. The van der Waals surface area contributed by atoms with Crippen LogP contribution in [0.5, 0.6) is 0 Å². The summed E-state index contributed by atoms with van der Waals surface area (Å²) >= 11 is 3.37. The van der Waals surface area contributed by atoms with Crippen LogP contribution < -0.4 is 5.32 Å². The standard InChI is InChI=1S/C12H10BrFN2/c13-9-4-5-15-12(6-9)8-16-11-3-1-2-10(14)7-11/h1-7,16H,8H2. The van der Waals surface area contributed by atoms with E-state index in [4.69, 9.17) is 0 Å². The molecule has 0 atom stereocenters. The van der Waals surface area contributed by atoms with Crippen LogP contribution >= 0.6 is 15.9 Å². The number of rotatable bonds is 3. The summed E-state index contributed by atoms with van der Waals surface area (Å²) in [6, 6.07) is 10.2. The molecule has 0 saturated carbocycles. The lowest BCUT2D eigenvalue weighted by Crippen LogP contribution is -2.01. The van der Waals surface area contributed by atoms with Gasteiger partial charge in [0.2, 0.25) is 0 Å². The molecule has 1 aromatic carbocycles. The van der Waals surface area contributed by atoms with Crippen molar-refractivity contribution in [3.05, 3.63) is 58.6 Å². The van der Waals surface area contributed by atoms with Crippen LogP contribution in [-0.2, 0) is 6.54 Å². The van der Waals surface area contributed by atoms with Gasteiger partial charge in [-0.1, -0.05) is 22.0 Å². The molecule has 0 aliphatic carbocycles. The Hall–Kier alpha value is -1.42. The third kappa shape index (κ3) is 3.03. The molecule has 1 heterocycles. The number of pyridine rings is 1. The Labute approximate surface area is 102 Å². The van der Waals surface area contributed by atoms with Crippen LogP contribution in [-0.4, -0.2) is 4.98 Å². The van der Waals surface area contributed by atoms with Crippen LogP contribution in [0.3, 0.4) is 0 Å². The van der Waals surface area contributed by atoms with Gasteiger partial charge in [0.05, 0.1) is 12.2 Å². The summed E-state index contributed by atoms with van der Waals surface area (Å²) in [6.07, 6.45) is 1.73. The SMILES string of the molecule is Fc1cccc(NCc2cc(Br)ccn2)c1. The van der Waals surface area contributed by atoms with E-state index in [1.54, 1.807) is 12.3 Å². The summed E-state index contributed by atoms with van der Waals surface area (Å²) in [5.41, 5.74) is 1.65. The summed E-state index contributed by atoms with van der Waals surface area (Å²) in [7, 11) is 0. The zero-order valence-corrected chi connectivity index (χ0v) is 10.0. The van der Waals surface area contributed by atoms with Gasteiger partial charge < -0.3 is 5.32 Å². The summed E-state index contributed by atoms with van der Waals surface area (Å²) in [4.78, 5) is 4.19. The first-order chi connectivity index (χ1) is 7.74. The van der Waals surface area contributed by atoms with Gasteiger partial charge in [-0.05, 0) is 30.3 Å². The van der Waals surface area contributed by atoms with Gasteiger partial charge in [0.15, 0.2) is 0 Å². The van der Waals surface area contributed by atoms with Crippen molar-refractivity contribution >= 4 is 21.6 Å². The second-order valence-corrected chi connectivity index (χ2v) is 4.24. The number of benzene rings is 1. The molecule has 2 aromatic rings. The Bertz CT molecular complexity index is 442. The fourth-order valence-corrected chi connectivity index (χ4v) is 1.72. The Balaban J connectivity index is 2.02. The average molecular weight is 281 g/mol. The molecule has 0 fully saturated rings. The number of hydrogen-bond acceptors (Lipinski definition) is 2. The smallest absolute Gasteiger partial charge is 0.125 e. The number of nitrogens with zero attached hydrogens (tertiary/aromatic N) is 1. The average Bonchev–Trinajstić information content (AvgIpc) is 2.27. The van der Waals surface area contributed by atoms with Crippen molar-refractivity contribution < 1.29 is 4.39 Å². The summed E-state index contributed by atoms with van der Waals surface area (Å²) in [5.74, 6) is -0.243. The van der Waals surface area contributed by atoms with Crippen molar-refractivity contribution in [1.29, 1.82) is 0 Å². The lowest BCUT2D eigenvalue weighted by Gasteiger charge is -2.05. The Morgan fingerprint density at radius 3 is 2.88 bits per heavy atom. The Kier molecular flexibility index (Phi) is 3.51. The molecule has 0 bridgehead atoms. The van der Waals surface area contributed by atoms with Crippen molar-refractivity contribution in [1.82, 2.24) is 4.98 Å². The van der Waals surface area contributed by atoms with Crippen molar-refractivity contribution in [3.63, 3.8) is 0 Å². The minimum atomic E-state index is -0.243. The second kappa shape index (κ2) is 5.07. The fourth-order valence-electron chi connectivity index (χ4n) is 1.34. The van der Waals surface area contributed by atoms with Crippen molar-refractivity contribution in [2.24, 2.45) is 0 Å². The molecule has 82 valence electrons. The predicted molar refractivity (Wildman–Crippen MR) is 65.7 cm³/mol. The number of nitrogens with one attached hydrogen (secondary N) is 1. The van der Waals surface area contributed by atoms with Crippen LogP contribution in [0.4, 0.5) is 10.1 Å². The van der Waals surface area contributed by atoms with Gasteiger partial charge in [-0.3, -0.25) is 4.98 Å². The summed E-state index contributed by atoms with van der Waals surface area (Å²) in [6.45, 7) is 0.572. The maximum absolute atomic E-state index is 12.9. The van der Waals surface area contributed by atoms with E-state index in [9.17, 15) is 4.39 Å². The topological polar surface area (TPSA) is 24.9 Å². The zero-order valence-electron chi connectivity index (χ0n) is 8.45. The number of hydrogen-bond donors (Lipinski definition) is 1. The first-order valence-corrected chi connectivity index (χ1v) is 5.63. The molecule has 0 unspecified atom stereocenters. The van der Waals surface area contributed by atoms with Gasteiger partial charge in [-0.15, -0.1) is 0 Å². The third-order valence-electron chi connectivity index (χ3n) is 2.08. The highest BCUT2D eigenvalue weighted by atomic mass is 79.9. The third-order valence-corrected chi connectivity index (χ3v) is 2.57. The minimum Gasteiger partial charge on any atom is -0.379 e. The van der Waals surface area contributed by atoms with E-state index in [-0.39, 0.29) is 5.82 Å². The first-order valence-electron chi connectivity index (χ1n) is 4.84. The molecule has 2 rings (SSSR count). The summed E-state index contributed by atoms with van der Waals surface area (Å²) < 4.78 is 13.9. The lowest BCUT2D eigenvalue weighted by molar-refractivity contribution is 0.628. The fraction of sp³-hybridized carbons (Fsp3) is 0.0833. The monoisotopic (exact) mass is 280 g/mol. The van der Waals surface area contributed by atoms with E-state index in [1.165, 1.54) is 12.1 Å². The Morgan fingerprint density at radius 2 is 2.12 bits per heavy atom. The predicted octanol–water partition coefficient (Wildman–Crippen LogP) is 3.60. The molecule has 0 aliphatic rings. The molecular weight excluding hydrogens is 271 g/mol. The van der Waals surface area contributed by atoms with Crippen LogP contribution in [0.15, 0.2) is 47.1 Å². The van der Waals surface area contributed by atoms with Crippen LogP contribution in [0.2, 0.25) is 0 Å². The van der Waals surface area contributed by atoms with Crippen molar-refractivity contribution in [3.8, 4) is 0 Å². The minimum absolute atomic E-state index is 0.243. The van der Waals surface area contributed by atoms with E-state index >= 15 is 0 Å². The molecule has 1 aromatic heterocycles. The van der Waals surface area contributed by atoms with E-state index < -0.39 is 0 Å². The van der Waals surface area contributed by atoms with Gasteiger partial charge in [0.25, 0.3) is 0 Å². The molecular formula is C12H10BrFN2.